The summed E-state index contributed by atoms with van der Waals surface area (Å²) in [5, 5.41) is 89.0. The highest BCUT2D eigenvalue weighted by Crippen LogP contribution is 2.34. The average Bonchev–Trinajstić information content (AvgIpc) is 2.95. The van der Waals surface area contributed by atoms with Crippen LogP contribution in [0.15, 0.2) is 51.7 Å². The molecule has 2 fully saturated rings. The minimum atomic E-state index is -1.78. The molecule has 9 N–H and O–H groups in total. The van der Waals surface area contributed by atoms with Crippen molar-refractivity contribution in [1.82, 2.24) is 0 Å². The molecule has 41 heavy (non-hydrogen) atoms. The van der Waals surface area contributed by atoms with E-state index in [9.17, 15) is 50.8 Å². The molecule has 0 unspecified atom stereocenters. The minimum Gasteiger partial charge on any atom is -0.507 e. The van der Waals surface area contributed by atoms with Gasteiger partial charge in [-0.3, -0.25) is 4.79 Å². The quantitative estimate of drug-likeness (QED) is 0.146. The van der Waals surface area contributed by atoms with Crippen molar-refractivity contribution in [2.24, 2.45) is 0 Å². The summed E-state index contributed by atoms with van der Waals surface area (Å²) in [6.07, 6.45) is -16.1. The molecule has 5 rings (SSSR count). The summed E-state index contributed by atoms with van der Waals surface area (Å²) in [6.45, 7) is -0.670. The van der Waals surface area contributed by atoms with Gasteiger partial charge in [0.05, 0.1) is 6.61 Å². The molecular formula is C26H28O15. The number of aliphatic hydroxyl groups is 8. The summed E-state index contributed by atoms with van der Waals surface area (Å²) in [5.74, 6) is -0.415. The zero-order valence-corrected chi connectivity index (χ0v) is 21.0. The van der Waals surface area contributed by atoms with Gasteiger partial charge < -0.3 is 69.3 Å². The van der Waals surface area contributed by atoms with E-state index in [2.05, 4.69) is 0 Å². The molecule has 2 saturated heterocycles. The highest BCUT2D eigenvalue weighted by molar-refractivity contribution is 5.86. The van der Waals surface area contributed by atoms with E-state index < -0.39 is 79.4 Å². The molecule has 1 aromatic heterocycles. The van der Waals surface area contributed by atoms with E-state index in [4.69, 9.17) is 23.4 Å². The number of phenols is 1. The Labute approximate surface area is 230 Å². The molecule has 2 aromatic carbocycles. The highest BCUT2D eigenvalue weighted by Gasteiger charge is 2.45. The molecule has 0 bridgehead atoms. The van der Waals surface area contributed by atoms with Crippen LogP contribution in [0.3, 0.4) is 0 Å². The van der Waals surface area contributed by atoms with Crippen molar-refractivity contribution in [3.63, 3.8) is 0 Å². The highest BCUT2D eigenvalue weighted by atomic mass is 16.7. The number of rotatable bonds is 6. The van der Waals surface area contributed by atoms with Gasteiger partial charge in [0.1, 0.15) is 76.7 Å². The summed E-state index contributed by atoms with van der Waals surface area (Å²) in [5.41, 5.74) is -0.317. The topological polar surface area (TPSA) is 249 Å². The van der Waals surface area contributed by atoms with Gasteiger partial charge in [-0.05, 0) is 24.3 Å². The largest absolute Gasteiger partial charge is 0.507 e. The molecule has 0 aliphatic carbocycles. The van der Waals surface area contributed by atoms with Gasteiger partial charge >= 0.3 is 0 Å². The van der Waals surface area contributed by atoms with Crippen LogP contribution in [0.2, 0.25) is 0 Å². The number of ether oxygens (including phenoxy) is 4. The molecule has 15 nitrogen and oxygen atoms in total. The second-order valence-corrected chi connectivity index (χ2v) is 9.61. The van der Waals surface area contributed by atoms with Crippen LogP contribution >= 0.6 is 0 Å². The average molecular weight is 580 g/mol. The third-order valence-electron chi connectivity index (χ3n) is 6.82. The summed E-state index contributed by atoms with van der Waals surface area (Å²) in [7, 11) is 0. The third-order valence-corrected chi connectivity index (χ3v) is 6.82. The fourth-order valence-electron chi connectivity index (χ4n) is 4.51. The smallest absolute Gasteiger partial charge is 0.231 e. The van der Waals surface area contributed by atoms with Crippen molar-refractivity contribution in [3.8, 4) is 28.6 Å². The first kappa shape index (κ1) is 29.2. The van der Waals surface area contributed by atoms with Gasteiger partial charge in [0.15, 0.2) is 11.7 Å². The maximum absolute atomic E-state index is 12.8. The molecule has 0 spiro atoms. The summed E-state index contributed by atoms with van der Waals surface area (Å²) < 4.78 is 27.1. The SMILES string of the molecule is O=c1cc(-c2ccc(O[C@@H]3O[C@@H](O)[C@H](O)[C@@H](O)[C@H]3O)cc2)oc2cc(O[C@@H]3O[C@H](CO)[C@@H](O)[C@H](O)[C@H]3O)cc(O)c12. The Morgan fingerprint density at radius 1 is 0.707 bits per heavy atom. The Morgan fingerprint density at radius 2 is 1.32 bits per heavy atom. The lowest BCUT2D eigenvalue weighted by atomic mass is 9.99. The van der Waals surface area contributed by atoms with Crippen LogP contribution < -0.4 is 14.9 Å². The van der Waals surface area contributed by atoms with Crippen molar-refractivity contribution in [3.05, 3.63) is 52.7 Å². The van der Waals surface area contributed by atoms with Gasteiger partial charge in [-0.25, -0.2) is 0 Å². The van der Waals surface area contributed by atoms with Crippen LogP contribution in [0.1, 0.15) is 0 Å². The molecule has 0 radical (unpaired) electrons. The fourth-order valence-corrected chi connectivity index (χ4v) is 4.51. The summed E-state index contributed by atoms with van der Waals surface area (Å²) in [6, 6.07) is 9.28. The Morgan fingerprint density at radius 3 is 1.98 bits per heavy atom. The lowest BCUT2D eigenvalue weighted by Gasteiger charge is -2.39. The van der Waals surface area contributed by atoms with Crippen LogP contribution in [0.4, 0.5) is 0 Å². The molecule has 0 amide bonds. The van der Waals surface area contributed by atoms with Crippen molar-refractivity contribution in [1.29, 1.82) is 0 Å². The van der Waals surface area contributed by atoms with E-state index in [0.717, 1.165) is 12.1 Å². The first-order valence-electron chi connectivity index (χ1n) is 12.4. The maximum atomic E-state index is 12.8. The normalized spacial score (nSPS) is 34.0. The van der Waals surface area contributed by atoms with E-state index in [0.29, 0.717) is 5.56 Å². The fraction of sp³-hybridized carbons (Fsp3) is 0.423. The van der Waals surface area contributed by atoms with Crippen molar-refractivity contribution in [2.45, 2.75) is 61.6 Å². The van der Waals surface area contributed by atoms with Gasteiger partial charge in [0, 0.05) is 23.8 Å². The minimum absolute atomic E-state index is 0.0707. The van der Waals surface area contributed by atoms with Crippen molar-refractivity contribution in [2.75, 3.05) is 6.61 Å². The number of fused-ring (bicyclic) bond motifs is 1. The van der Waals surface area contributed by atoms with Crippen LogP contribution in [0, 0.1) is 0 Å². The number of benzene rings is 2. The van der Waals surface area contributed by atoms with Gasteiger partial charge in [-0.2, -0.15) is 0 Å². The van der Waals surface area contributed by atoms with Gasteiger partial charge in [-0.1, -0.05) is 0 Å². The van der Waals surface area contributed by atoms with E-state index >= 15 is 0 Å². The number of hydrogen-bond donors (Lipinski definition) is 9. The van der Waals surface area contributed by atoms with E-state index in [1.165, 1.54) is 30.3 Å². The second kappa shape index (κ2) is 11.5. The van der Waals surface area contributed by atoms with Crippen molar-refractivity contribution < 1.29 is 69.3 Å². The molecule has 0 saturated carbocycles. The van der Waals surface area contributed by atoms with Gasteiger partial charge in [-0.15, -0.1) is 0 Å². The lowest BCUT2D eigenvalue weighted by molar-refractivity contribution is -0.321. The van der Waals surface area contributed by atoms with Gasteiger partial charge in [0.25, 0.3) is 0 Å². The molecule has 3 aromatic rings. The molecule has 15 heteroatoms. The number of hydrogen-bond acceptors (Lipinski definition) is 15. The zero-order valence-electron chi connectivity index (χ0n) is 21.0. The summed E-state index contributed by atoms with van der Waals surface area (Å²) >= 11 is 0. The number of aliphatic hydroxyl groups excluding tert-OH is 8. The molecule has 10 atom stereocenters. The number of phenolic OH excluding ortho intramolecular Hbond substituents is 1. The Bertz CT molecular complexity index is 1420. The van der Waals surface area contributed by atoms with E-state index in [1.54, 1.807) is 0 Å². The van der Waals surface area contributed by atoms with Crippen LogP contribution in [0.5, 0.6) is 17.2 Å². The predicted octanol–water partition coefficient (Wildman–Crippen LogP) is -2.52. The zero-order chi connectivity index (χ0) is 29.6. The third kappa shape index (κ3) is 5.60. The van der Waals surface area contributed by atoms with Crippen molar-refractivity contribution >= 4 is 11.0 Å². The first-order valence-corrected chi connectivity index (χ1v) is 12.4. The Balaban J connectivity index is 1.38. The monoisotopic (exact) mass is 580 g/mol. The Kier molecular flexibility index (Phi) is 8.18. The van der Waals surface area contributed by atoms with Crippen LogP contribution in [-0.2, 0) is 9.47 Å². The van der Waals surface area contributed by atoms with Crippen LogP contribution in [-0.4, -0.2) is 114 Å². The molecule has 2 aliphatic heterocycles. The second-order valence-electron chi connectivity index (χ2n) is 9.61. The molecule has 3 heterocycles. The molecular weight excluding hydrogens is 552 g/mol. The first-order chi connectivity index (χ1) is 19.5. The maximum Gasteiger partial charge on any atom is 0.231 e. The summed E-state index contributed by atoms with van der Waals surface area (Å²) in [4.78, 5) is 12.8. The van der Waals surface area contributed by atoms with E-state index in [-0.39, 0.29) is 28.2 Å². The Hall–Kier alpha value is -3.35. The predicted molar refractivity (Wildman–Crippen MR) is 134 cm³/mol. The van der Waals surface area contributed by atoms with Gasteiger partial charge in [0.2, 0.25) is 12.6 Å². The number of aromatic hydroxyl groups is 1. The van der Waals surface area contributed by atoms with E-state index in [1.807, 2.05) is 0 Å². The van der Waals surface area contributed by atoms with Crippen LogP contribution in [0.25, 0.3) is 22.3 Å². The lowest BCUT2D eigenvalue weighted by Crippen LogP contribution is -2.60. The molecule has 2 aliphatic rings. The molecule has 222 valence electrons. The standard InChI is InChI=1S/C26H28O15/c27-8-16-18(30)19(31)22(34)25(40-16)38-11-5-12(28)17-13(29)7-14(39-15(17)6-11)9-1-3-10(4-2-9)37-26-23(35)20(32)21(33)24(36)41-26/h1-7,16,18-28,30-36H,8H2/t16-,18-,19+,20-,21-,22-,23-,24-,25-,26-/m1/s1.